The Morgan fingerprint density at radius 3 is 2.50 bits per heavy atom. The van der Waals surface area contributed by atoms with Crippen molar-refractivity contribution in [2.75, 3.05) is 24.6 Å². The predicted molar refractivity (Wildman–Crippen MR) is 92.2 cm³/mol. The van der Waals surface area contributed by atoms with Crippen LogP contribution in [-0.2, 0) is 25.8 Å². The van der Waals surface area contributed by atoms with Gasteiger partial charge in [-0.25, -0.2) is 8.42 Å². The van der Waals surface area contributed by atoms with E-state index < -0.39 is 9.84 Å². The molecule has 1 aromatic rings. The van der Waals surface area contributed by atoms with Gasteiger partial charge in [0, 0.05) is 32.5 Å². The molecular weight excluding hydrogens is 328 g/mol. The maximum absolute atomic E-state index is 12.0. The molecule has 7 heteroatoms. The molecule has 0 aromatic heterocycles. The number of nitrogens with one attached hydrogen (secondary N) is 1. The Hall–Kier alpha value is -1.89. The van der Waals surface area contributed by atoms with Crippen LogP contribution < -0.4 is 5.32 Å². The van der Waals surface area contributed by atoms with Crippen molar-refractivity contribution in [3.63, 3.8) is 0 Å². The quantitative estimate of drug-likeness (QED) is 0.786. The second kappa shape index (κ2) is 8.28. The number of carbonyl (C=O) groups excluding carboxylic acids is 2. The third kappa shape index (κ3) is 5.96. The molecule has 1 aliphatic rings. The zero-order chi connectivity index (χ0) is 17.6. The van der Waals surface area contributed by atoms with E-state index >= 15 is 0 Å². The van der Waals surface area contributed by atoms with E-state index in [-0.39, 0.29) is 35.8 Å². The van der Waals surface area contributed by atoms with Gasteiger partial charge in [0.2, 0.25) is 11.8 Å². The average Bonchev–Trinajstić information content (AvgIpc) is 2.86. The summed E-state index contributed by atoms with van der Waals surface area (Å²) in [6.45, 7) is 2.39. The Labute approximate surface area is 143 Å². The van der Waals surface area contributed by atoms with Crippen LogP contribution in [0.3, 0.4) is 0 Å². The van der Waals surface area contributed by atoms with Gasteiger partial charge in [-0.3, -0.25) is 9.59 Å². The normalized spacial score (nSPS) is 19.0. The molecule has 2 amide bonds. The molecule has 1 unspecified atom stereocenters. The van der Waals surface area contributed by atoms with Gasteiger partial charge in [-0.2, -0.15) is 0 Å². The summed E-state index contributed by atoms with van der Waals surface area (Å²) >= 11 is 0. The van der Waals surface area contributed by atoms with Crippen LogP contribution in [0.4, 0.5) is 0 Å². The Morgan fingerprint density at radius 1 is 1.21 bits per heavy atom. The highest BCUT2D eigenvalue weighted by molar-refractivity contribution is 7.91. The summed E-state index contributed by atoms with van der Waals surface area (Å²) in [5.74, 6) is -0.122. The fourth-order valence-corrected chi connectivity index (χ4v) is 4.45. The number of hydrogen-bond donors (Lipinski definition) is 1. The first-order valence-corrected chi connectivity index (χ1v) is 9.97. The summed E-state index contributed by atoms with van der Waals surface area (Å²) in [5, 5.41) is 2.75. The Kier molecular flexibility index (Phi) is 6.36. The van der Waals surface area contributed by atoms with Crippen molar-refractivity contribution in [3.05, 3.63) is 35.9 Å². The van der Waals surface area contributed by atoms with Crippen LogP contribution in [0.15, 0.2) is 30.3 Å². The van der Waals surface area contributed by atoms with Gasteiger partial charge in [0.15, 0.2) is 9.84 Å². The summed E-state index contributed by atoms with van der Waals surface area (Å²) in [6.07, 6.45) is 1.40. The number of nitrogens with zero attached hydrogens (tertiary/aromatic N) is 1. The molecule has 1 fully saturated rings. The van der Waals surface area contributed by atoms with Crippen LogP contribution in [0.5, 0.6) is 0 Å². The van der Waals surface area contributed by atoms with E-state index in [1.807, 2.05) is 30.3 Å². The fraction of sp³-hybridized carbons (Fsp3) is 0.529. The van der Waals surface area contributed by atoms with E-state index in [0.717, 1.165) is 12.0 Å². The van der Waals surface area contributed by atoms with E-state index in [1.165, 1.54) is 6.92 Å². The molecule has 1 aliphatic heterocycles. The lowest BCUT2D eigenvalue weighted by Gasteiger charge is -2.21. The Balaban J connectivity index is 1.76. The van der Waals surface area contributed by atoms with Crippen LogP contribution in [0.25, 0.3) is 0 Å². The summed E-state index contributed by atoms with van der Waals surface area (Å²) in [6, 6.07) is 9.57. The fourth-order valence-electron chi connectivity index (χ4n) is 2.78. The molecule has 0 spiro atoms. The third-order valence-electron chi connectivity index (χ3n) is 4.16. The first kappa shape index (κ1) is 18.4. The molecule has 6 nitrogen and oxygen atoms in total. The van der Waals surface area contributed by atoms with Crippen molar-refractivity contribution in [1.29, 1.82) is 0 Å². The summed E-state index contributed by atoms with van der Waals surface area (Å²) < 4.78 is 22.8. The standard InChI is InChI=1S/C17H24N2O4S/c1-14(20)19(10-7-15-5-3-2-4-6-15)11-8-17(21)18-16-9-12-24(22,23)13-16/h2-6,16H,7-13H2,1H3,(H,18,21). The van der Waals surface area contributed by atoms with Gasteiger partial charge in [0.25, 0.3) is 0 Å². The van der Waals surface area contributed by atoms with Crippen molar-refractivity contribution in [1.82, 2.24) is 10.2 Å². The Morgan fingerprint density at radius 2 is 1.92 bits per heavy atom. The Bertz CT molecular complexity index is 673. The smallest absolute Gasteiger partial charge is 0.222 e. The zero-order valence-corrected chi connectivity index (χ0v) is 14.7. The van der Waals surface area contributed by atoms with Crippen molar-refractivity contribution in [2.45, 2.75) is 32.2 Å². The van der Waals surface area contributed by atoms with E-state index in [1.54, 1.807) is 4.90 Å². The summed E-state index contributed by atoms with van der Waals surface area (Å²) in [7, 11) is -3.00. The lowest BCUT2D eigenvalue weighted by atomic mass is 10.1. The van der Waals surface area contributed by atoms with Crippen LogP contribution in [0.2, 0.25) is 0 Å². The van der Waals surface area contributed by atoms with Gasteiger partial charge in [0.05, 0.1) is 11.5 Å². The molecule has 2 rings (SSSR count). The maximum Gasteiger partial charge on any atom is 0.222 e. The molecule has 1 aromatic carbocycles. The van der Waals surface area contributed by atoms with Crippen LogP contribution in [-0.4, -0.2) is 55.8 Å². The molecule has 0 bridgehead atoms. The molecule has 1 saturated heterocycles. The van der Waals surface area contributed by atoms with E-state index in [0.29, 0.717) is 19.5 Å². The van der Waals surface area contributed by atoms with E-state index in [9.17, 15) is 18.0 Å². The van der Waals surface area contributed by atoms with Gasteiger partial charge in [-0.15, -0.1) is 0 Å². The largest absolute Gasteiger partial charge is 0.352 e. The summed E-state index contributed by atoms with van der Waals surface area (Å²) in [5.41, 5.74) is 1.14. The van der Waals surface area contributed by atoms with Gasteiger partial charge in [-0.1, -0.05) is 30.3 Å². The summed E-state index contributed by atoms with van der Waals surface area (Å²) in [4.78, 5) is 25.3. The van der Waals surface area contributed by atoms with E-state index in [2.05, 4.69) is 5.32 Å². The monoisotopic (exact) mass is 352 g/mol. The van der Waals surface area contributed by atoms with Crippen molar-refractivity contribution in [3.8, 4) is 0 Å². The predicted octanol–water partition coefficient (Wildman–Crippen LogP) is 0.771. The van der Waals surface area contributed by atoms with Crippen molar-refractivity contribution in [2.24, 2.45) is 0 Å². The van der Waals surface area contributed by atoms with Gasteiger partial charge >= 0.3 is 0 Å². The van der Waals surface area contributed by atoms with Crippen LogP contribution in [0.1, 0.15) is 25.3 Å². The topological polar surface area (TPSA) is 83.6 Å². The highest BCUT2D eigenvalue weighted by atomic mass is 32.2. The lowest BCUT2D eigenvalue weighted by Crippen LogP contribution is -2.39. The van der Waals surface area contributed by atoms with Gasteiger partial charge < -0.3 is 10.2 Å². The molecule has 0 saturated carbocycles. The first-order chi connectivity index (χ1) is 11.4. The molecule has 1 atom stereocenters. The molecule has 24 heavy (non-hydrogen) atoms. The zero-order valence-electron chi connectivity index (χ0n) is 13.9. The third-order valence-corrected chi connectivity index (χ3v) is 5.93. The maximum atomic E-state index is 12.0. The van der Waals surface area contributed by atoms with Crippen molar-refractivity contribution < 1.29 is 18.0 Å². The number of benzene rings is 1. The van der Waals surface area contributed by atoms with Crippen LogP contribution in [0, 0.1) is 0 Å². The minimum atomic E-state index is -3.00. The number of hydrogen-bond acceptors (Lipinski definition) is 4. The van der Waals surface area contributed by atoms with Gasteiger partial charge in [0.1, 0.15) is 0 Å². The molecule has 0 aliphatic carbocycles. The highest BCUT2D eigenvalue weighted by Gasteiger charge is 2.28. The minimum absolute atomic E-state index is 0.0170. The van der Waals surface area contributed by atoms with Crippen LogP contribution >= 0.6 is 0 Å². The number of sulfone groups is 1. The van der Waals surface area contributed by atoms with E-state index in [4.69, 9.17) is 0 Å². The number of carbonyl (C=O) groups is 2. The minimum Gasteiger partial charge on any atom is -0.352 e. The van der Waals surface area contributed by atoms with Gasteiger partial charge in [-0.05, 0) is 18.4 Å². The second-order valence-electron chi connectivity index (χ2n) is 6.16. The second-order valence-corrected chi connectivity index (χ2v) is 8.39. The lowest BCUT2D eigenvalue weighted by molar-refractivity contribution is -0.129. The molecular formula is C17H24N2O4S. The molecule has 1 heterocycles. The molecule has 132 valence electrons. The number of amides is 2. The van der Waals surface area contributed by atoms with Crippen molar-refractivity contribution >= 4 is 21.7 Å². The molecule has 1 N–H and O–H groups in total. The number of rotatable bonds is 7. The average molecular weight is 352 g/mol. The molecule has 0 radical (unpaired) electrons. The highest BCUT2D eigenvalue weighted by Crippen LogP contribution is 2.11. The first-order valence-electron chi connectivity index (χ1n) is 8.15. The SMILES string of the molecule is CC(=O)N(CCC(=O)NC1CCS(=O)(=O)C1)CCc1ccccc1.